The van der Waals surface area contributed by atoms with Gasteiger partial charge in [0.2, 0.25) is 6.54 Å². The van der Waals surface area contributed by atoms with Gasteiger partial charge in [-0.15, -0.1) is 0 Å². The molecule has 12 heteroatoms. The molecule has 0 radical (unpaired) electrons. The Morgan fingerprint density at radius 1 is 1.20 bits per heavy atom. The lowest BCUT2D eigenvalue weighted by Crippen LogP contribution is -2.57. The van der Waals surface area contributed by atoms with Gasteiger partial charge in [0.1, 0.15) is 30.5 Å². The first kappa shape index (κ1) is 30.9. The second kappa shape index (κ2) is 11.8. The number of piperazine rings is 1. The van der Waals surface area contributed by atoms with Crippen LogP contribution < -0.4 is 9.64 Å². The maximum Gasteiger partial charge on any atom is 0.318 e. The lowest BCUT2D eigenvalue weighted by atomic mass is 9.70. The van der Waals surface area contributed by atoms with Crippen molar-refractivity contribution in [3.8, 4) is 6.01 Å². The summed E-state index contributed by atoms with van der Waals surface area (Å²) < 4.78 is 50.4. The number of benzene rings is 1. The Balaban J connectivity index is 1.27. The molecule has 2 aromatic rings. The topological polar surface area (TPSA) is 69.4 Å². The van der Waals surface area contributed by atoms with E-state index in [0.717, 1.165) is 61.0 Å². The van der Waals surface area contributed by atoms with Gasteiger partial charge in [-0.25, -0.2) is 19.7 Å². The minimum absolute atomic E-state index is 0.00791. The first-order chi connectivity index (χ1) is 22.1. The molecule has 1 aliphatic carbocycles. The smallest absolute Gasteiger partial charge is 0.318 e. The molecule has 7 rings (SSSR count). The van der Waals surface area contributed by atoms with Crippen LogP contribution in [0.1, 0.15) is 54.5 Å². The highest BCUT2D eigenvalue weighted by molar-refractivity contribution is 5.91. The van der Waals surface area contributed by atoms with Crippen LogP contribution in [0.5, 0.6) is 6.01 Å². The number of ether oxygens (including phenoxy) is 1. The van der Waals surface area contributed by atoms with E-state index in [4.69, 9.17) is 21.3 Å². The van der Waals surface area contributed by atoms with E-state index in [9.17, 15) is 13.6 Å². The average Bonchev–Trinajstić information content (AvgIpc) is 3.56. The number of halogens is 3. The Labute approximate surface area is 267 Å². The first-order valence-electron chi connectivity index (χ1n) is 16.3. The van der Waals surface area contributed by atoms with Gasteiger partial charge in [0.25, 0.3) is 5.91 Å². The molecule has 0 bridgehead atoms. The molecule has 1 aromatic heterocycles. The second-order valence-electron chi connectivity index (χ2n) is 13.7. The third-order valence-electron chi connectivity index (χ3n) is 11.0. The van der Waals surface area contributed by atoms with Crippen molar-refractivity contribution in [2.45, 2.75) is 74.8 Å². The number of carbonyl (C=O) groups excluding carboxylic acids is 1. The summed E-state index contributed by atoms with van der Waals surface area (Å²) in [5, 5.41) is 0. The number of aryl methyl sites for hydroxylation is 1. The molecule has 3 saturated heterocycles. The number of aromatic nitrogens is 2. The predicted octanol–water partition coefficient (Wildman–Crippen LogP) is 4.21. The number of alkyl halides is 1. The van der Waals surface area contributed by atoms with Gasteiger partial charge in [-0.05, 0) is 57.3 Å². The average molecular weight is 636 g/mol. The maximum absolute atomic E-state index is 15.6. The van der Waals surface area contributed by atoms with Crippen LogP contribution in [0.2, 0.25) is 0 Å². The summed E-state index contributed by atoms with van der Waals surface area (Å²) >= 11 is 0. The van der Waals surface area contributed by atoms with Crippen LogP contribution >= 0.6 is 0 Å². The minimum atomic E-state index is -1.05. The molecule has 244 valence electrons. The maximum atomic E-state index is 15.6. The third-order valence-corrected chi connectivity index (χ3v) is 11.0. The molecule has 1 amide bonds. The molecule has 0 saturated carbocycles. The van der Waals surface area contributed by atoms with Crippen molar-refractivity contribution in [3.63, 3.8) is 0 Å². The Morgan fingerprint density at radius 3 is 2.85 bits per heavy atom. The summed E-state index contributed by atoms with van der Waals surface area (Å²) in [6, 6.07) is 4.96. The third kappa shape index (κ3) is 5.12. The number of rotatable bonds is 6. The van der Waals surface area contributed by atoms with E-state index < -0.39 is 29.5 Å². The Kier molecular flexibility index (Phi) is 7.96. The number of carbonyl (C=O) groups is 1. The lowest BCUT2D eigenvalue weighted by Gasteiger charge is -2.50. The van der Waals surface area contributed by atoms with Gasteiger partial charge in [-0.3, -0.25) is 14.6 Å². The molecular weight excluding hydrogens is 595 g/mol. The summed E-state index contributed by atoms with van der Waals surface area (Å²) in [6.45, 7) is 13.5. The molecular formula is C34H40F3N7O2. The molecule has 1 aromatic carbocycles. The zero-order valence-corrected chi connectivity index (χ0v) is 26.3. The fourth-order valence-corrected chi connectivity index (χ4v) is 8.86. The zero-order valence-electron chi connectivity index (χ0n) is 26.3. The number of anilines is 1. The quantitative estimate of drug-likeness (QED) is 0.348. The van der Waals surface area contributed by atoms with Gasteiger partial charge >= 0.3 is 6.01 Å². The van der Waals surface area contributed by atoms with E-state index in [0.29, 0.717) is 38.3 Å². The molecule has 5 heterocycles. The van der Waals surface area contributed by atoms with E-state index in [2.05, 4.69) is 21.2 Å². The molecule has 1 spiro atoms. The van der Waals surface area contributed by atoms with Crippen molar-refractivity contribution in [1.29, 1.82) is 0 Å². The highest BCUT2D eigenvalue weighted by atomic mass is 19.1. The van der Waals surface area contributed by atoms with E-state index >= 15 is 4.39 Å². The summed E-state index contributed by atoms with van der Waals surface area (Å²) in [4.78, 5) is 33.8. The largest absolute Gasteiger partial charge is 0.461 e. The second-order valence-corrected chi connectivity index (χ2v) is 13.7. The monoisotopic (exact) mass is 635 g/mol. The minimum Gasteiger partial charge on any atom is -0.461 e. The summed E-state index contributed by atoms with van der Waals surface area (Å²) in [5.41, 5.74) is 2.46. The summed E-state index contributed by atoms with van der Waals surface area (Å²) in [5.74, 6) is -1.42. The van der Waals surface area contributed by atoms with Gasteiger partial charge in [0.15, 0.2) is 5.83 Å². The fourth-order valence-electron chi connectivity index (χ4n) is 8.86. The van der Waals surface area contributed by atoms with Gasteiger partial charge in [0.05, 0.1) is 16.8 Å². The van der Waals surface area contributed by atoms with Gasteiger partial charge in [-0.1, -0.05) is 18.7 Å². The molecule has 5 aliphatic rings. The number of hydrogen-bond acceptors (Lipinski definition) is 7. The van der Waals surface area contributed by atoms with Crippen molar-refractivity contribution < 1.29 is 22.7 Å². The van der Waals surface area contributed by atoms with Gasteiger partial charge in [0, 0.05) is 56.7 Å². The predicted molar refractivity (Wildman–Crippen MR) is 166 cm³/mol. The first-order valence-corrected chi connectivity index (χ1v) is 16.3. The number of likely N-dealkylation sites (N-methyl/N-ethyl adjacent to an activating group) is 1. The summed E-state index contributed by atoms with van der Waals surface area (Å²) in [6.07, 6.45) is 4.37. The number of nitrogens with zero attached hydrogens (tertiary/aromatic N) is 7. The number of hydrogen-bond donors (Lipinski definition) is 0. The number of amides is 1. The van der Waals surface area contributed by atoms with E-state index in [1.807, 2.05) is 18.0 Å². The van der Waals surface area contributed by atoms with Crippen molar-refractivity contribution in [3.05, 3.63) is 70.2 Å². The zero-order chi connectivity index (χ0) is 32.2. The van der Waals surface area contributed by atoms with Crippen LogP contribution in [0.25, 0.3) is 4.85 Å². The van der Waals surface area contributed by atoms with Gasteiger partial charge < -0.3 is 19.4 Å². The molecule has 3 fully saturated rings. The fraction of sp³-hybridized carbons (Fsp3) is 0.588. The molecule has 4 atom stereocenters. The van der Waals surface area contributed by atoms with Crippen molar-refractivity contribution in [2.24, 2.45) is 0 Å². The Morgan fingerprint density at radius 2 is 2.04 bits per heavy atom. The highest BCUT2D eigenvalue weighted by Crippen LogP contribution is 2.48. The van der Waals surface area contributed by atoms with Crippen LogP contribution in [-0.4, -0.2) is 101 Å². The molecule has 46 heavy (non-hydrogen) atoms. The van der Waals surface area contributed by atoms with Crippen LogP contribution in [0, 0.1) is 12.4 Å². The van der Waals surface area contributed by atoms with Crippen LogP contribution in [0.4, 0.5) is 19.0 Å². The van der Waals surface area contributed by atoms with Crippen LogP contribution in [0.15, 0.2) is 30.6 Å². The Bertz CT molecular complexity index is 1600. The Hall–Kier alpha value is -3.69. The molecule has 0 unspecified atom stereocenters. The van der Waals surface area contributed by atoms with E-state index in [1.165, 1.54) is 11.0 Å². The standard InChI is InChI=1S/C34H40F3N7O2/c1-22(35)31(45)44-14-13-42(19-25(44)17-38-2)30-26-20-41(3)34(11-5-8-23-7-4-9-27(37)29(23)34)16-28(26)39-32(40-30)46-21-33-10-6-12-43(33)18-24(36)15-33/h4,7,9,24-25H,1,5-6,8,10-21H2,3H3/t24-,25+,33+,34-/m1/s1. The molecule has 0 N–H and O–H groups in total. The van der Waals surface area contributed by atoms with Crippen molar-refractivity contribution >= 4 is 11.7 Å². The molecule has 4 aliphatic heterocycles. The highest BCUT2D eigenvalue weighted by Gasteiger charge is 2.50. The number of fused-ring (bicyclic) bond motifs is 4. The van der Waals surface area contributed by atoms with Crippen LogP contribution in [-0.2, 0) is 29.7 Å². The van der Waals surface area contributed by atoms with Gasteiger partial charge in [-0.2, -0.15) is 9.97 Å². The molecule has 9 nitrogen and oxygen atoms in total. The van der Waals surface area contributed by atoms with E-state index in [-0.39, 0.29) is 43.6 Å². The normalized spacial score (nSPS) is 29.3. The summed E-state index contributed by atoms with van der Waals surface area (Å²) in [7, 11) is 2.02. The lowest BCUT2D eigenvalue weighted by molar-refractivity contribution is -0.131. The van der Waals surface area contributed by atoms with Crippen molar-refractivity contribution in [1.82, 2.24) is 24.7 Å². The van der Waals surface area contributed by atoms with Crippen molar-refractivity contribution in [2.75, 3.05) is 57.8 Å². The van der Waals surface area contributed by atoms with E-state index in [1.54, 1.807) is 6.07 Å². The SMILES string of the molecule is [C-]#[N+]C[C@H]1CN(c2nc(OC[C@@]34CCCN3C[C@H](F)C4)nc3c2CN(C)[C@]2(CCCc4cccc(F)c42)C3)CCN1C(=O)C(=C)F. The van der Waals surface area contributed by atoms with Crippen LogP contribution in [0.3, 0.4) is 0 Å².